The molecule has 2 aromatic rings. The molecule has 8 nitrogen and oxygen atoms in total. The van der Waals surface area contributed by atoms with Crippen molar-refractivity contribution >= 4 is 11.8 Å². The molecule has 0 radical (unpaired) electrons. The zero-order valence-corrected chi connectivity index (χ0v) is 14.5. The van der Waals surface area contributed by atoms with E-state index in [4.69, 9.17) is 10.5 Å². The molecule has 2 atom stereocenters. The Morgan fingerprint density at radius 2 is 2.08 bits per heavy atom. The Morgan fingerprint density at radius 3 is 2.81 bits per heavy atom. The molecule has 2 amide bonds. The first-order valence-corrected chi connectivity index (χ1v) is 8.47. The zero-order valence-electron chi connectivity index (χ0n) is 14.5. The Balaban J connectivity index is 1.78. The molecule has 1 fully saturated rings. The van der Waals surface area contributed by atoms with Gasteiger partial charge in [0.1, 0.15) is 11.8 Å². The van der Waals surface area contributed by atoms with Crippen LogP contribution >= 0.6 is 0 Å². The summed E-state index contributed by atoms with van der Waals surface area (Å²) in [7, 11) is 0. The second kappa shape index (κ2) is 7.92. The first-order chi connectivity index (χ1) is 12.6. The number of benzene rings is 1. The third-order valence-corrected chi connectivity index (χ3v) is 4.08. The third-order valence-electron chi connectivity index (χ3n) is 4.08. The molecule has 0 bridgehead atoms. The molecular formula is C18H21N5O3. The maximum absolute atomic E-state index is 12.9. The van der Waals surface area contributed by atoms with Crippen LogP contribution in [-0.4, -0.2) is 51.9 Å². The van der Waals surface area contributed by atoms with Crippen LogP contribution < -0.4 is 15.8 Å². The number of nitrogens with one attached hydrogen (secondary N) is 1. The van der Waals surface area contributed by atoms with E-state index in [1.165, 1.54) is 4.90 Å². The fourth-order valence-corrected chi connectivity index (χ4v) is 2.94. The minimum Gasteiger partial charge on any atom is -0.424 e. The van der Waals surface area contributed by atoms with Crippen LogP contribution in [0.15, 0.2) is 42.7 Å². The van der Waals surface area contributed by atoms with Gasteiger partial charge in [0, 0.05) is 37.1 Å². The number of hydrogen-bond acceptors (Lipinski definition) is 6. The predicted octanol–water partition coefficient (Wildman–Crippen LogP) is 0.947. The number of ether oxygens (including phenoxy) is 1. The molecule has 3 N–H and O–H groups in total. The number of nitrogens with two attached hydrogens (primary N) is 1. The lowest BCUT2D eigenvalue weighted by atomic mass is 10.1. The first-order valence-electron chi connectivity index (χ1n) is 8.47. The van der Waals surface area contributed by atoms with E-state index in [0.717, 1.165) is 0 Å². The highest BCUT2D eigenvalue weighted by Gasteiger charge is 2.38. The van der Waals surface area contributed by atoms with Gasteiger partial charge in [-0.3, -0.25) is 9.59 Å². The van der Waals surface area contributed by atoms with Gasteiger partial charge in [-0.05, 0) is 37.6 Å². The van der Waals surface area contributed by atoms with Gasteiger partial charge in [0.15, 0.2) is 0 Å². The zero-order chi connectivity index (χ0) is 18.5. The average Bonchev–Trinajstić information content (AvgIpc) is 3.04. The van der Waals surface area contributed by atoms with E-state index in [2.05, 4.69) is 15.3 Å². The molecule has 1 saturated heterocycles. The average molecular weight is 355 g/mol. The summed E-state index contributed by atoms with van der Waals surface area (Å²) < 4.78 is 5.57. The number of hydrogen-bond donors (Lipinski definition) is 2. The summed E-state index contributed by atoms with van der Waals surface area (Å²) in [4.78, 5) is 34.7. The third kappa shape index (κ3) is 3.97. The van der Waals surface area contributed by atoms with Crippen LogP contribution in [0.1, 0.15) is 23.7 Å². The summed E-state index contributed by atoms with van der Waals surface area (Å²) >= 11 is 0. The van der Waals surface area contributed by atoms with Crippen LogP contribution in [0, 0.1) is 0 Å². The molecule has 8 heteroatoms. The van der Waals surface area contributed by atoms with Gasteiger partial charge >= 0.3 is 6.01 Å². The van der Waals surface area contributed by atoms with Crippen LogP contribution in [0.4, 0.5) is 0 Å². The van der Waals surface area contributed by atoms with Crippen molar-refractivity contribution in [1.82, 2.24) is 20.2 Å². The predicted molar refractivity (Wildman–Crippen MR) is 94.6 cm³/mol. The van der Waals surface area contributed by atoms with E-state index >= 15 is 0 Å². The summed E-state index contributed by atoms with van der Waals surface area (Å²) in [5, 5.41) is 2.76. The minimum absolute atomic E-state index is 0.182. The molecule has 2 heterocycles. The van der Waals surface area contributed by atoms with E-state index in [1.807, 2.05) is 6.92 Å². The largest absolute Gasteiger partial charge is 0.424 e. The van der Waals surface area contributed by atoms with E-state index in [9.17, 15) is 9.59 Å². The molecule has 0 aliphatic carbocycles. The smallest absolute Gasteiger partial charge is 0.321 e. The van der Waals surface area contributed by atoms with E-state index in [-0.39, 0.29) is 23.9 Å². The van der Waals surface area contributed by atoms with Crippen LogP contribution in [0.25, 0.3) is 0 Å². The van der Waals surface area contributed by atoms with E-state index in [0.29, 0.717) is 30.8 Å². The molecule has 1 aliphatic rings. The Labute approximate surface area is 151 Å². The normalized spacial score (nSPS) is 19.2. The number of likely N-dealkylation sites (tertiary alicyclic amines) is 1. The molecule has 26 heavy (non-hydrogen) atoms. The molecular weight excluding hydrogens is 334 g/mol. The molecule has 0 unspecified atom stereocenters. The highest BCUT2D eigenvalue weighted by molar-refractivity contribution is 5.98. The topological polar surface area (TPSA) is 110 Å². The summed E-state index contributed by atoms with van der Waals surface area (Å²) in [6.07, 6.45) is 3.59. The molecule has 0 saturated carbocycles. The Hall–Kier alpha value is -3.00. The summed E-state index contributed by atoms with van der Waals surface area (Å²) in [6, 6.07) is 7.82. The maximum Gasteiger partial charge on any atom is 0.321 e. The lowest BCUT2D eigenvalue weighted by Crippen LogP contribution is -2.45. The monoisotopic (exact) mass is 355 g/mol. The second-order valence-electron chi connectivity index (χ2n) is 6.02. The SMILES string of the molecule is CCNC(=O)[C@@H]1C[C@@H](N)CN1C(=O)c1cccc(Oc2ncccn2)c1. The number of amides is 2. The first kappa shape index (κ1) is 17.8. The second-order valence-corrected chi connectivity index (χ2v) is 6.02. The molecule has 136 valence electrons. The molecule has 0 spiro atoms. The highest BCUT2D eigenvalue weighted by atomic mass is 16.5. The van der Waals surface area contributed by atoms with Crippen molar-refractivity contribution < 1.29 is 14.3 Å². The Morgan fingerprint density at radius 1 is 1.31 bits per heavy atom. The van der Waals surface area contributed by atoms with Gasteiger partial charge in [-0.2, -0.15) is 0 Å². The number of rotatable bonds is 5. The van der Waals surface area contributed by atoms with Crippen LogP contribution in [-0.2, 0) is 4.79 Å². The number of carbonyl (C=O) groups excluding carboxylic acids is 2. The van der Waals surface area contributed by atoms with Gasteiger partial charge in [-0.15, -0.1) is 0 Å². The summed E-state index contributed by atoms with van der Waals surface area (Å²) in [5.74, 6) is 0.00706. The van der Waals surface area contributed by atoms with Gasteiger partial charge in [0.2, 0.25) is 5.91 Å². The minimum atomic E-state index is -0.556. The van der Waals surface area contributed by atoms with Crippen molar-refractivity contribution in [3.05, 3.63) is 48.3 Å². The van der Waals surface area contributed by atoms with Crippen molar-refractivity contribution in [3.8, 4) is 11.8 Å². The Bertz CT molecular complexity index is 783. The number of carbonyl (C=O) groups is 2. The number of likely N-dealkylation sites (N-methyl/N-ethyl adjacent to an activating group) is 1. The van der Waals surface area contributed by atoms with Crippen LogP contribution in [0.2, 0.25) is 0 Å². The van der Waals surface area contributed by atoms with Crippen molar-refractivity contribution in [2.24, 2.45) is 5.73 Å². The lowest BCUT2D eigenvalue weighted by molar-refractivity contribution is -0.124. The molecule has 1 aromatic heterocycles. The van der Waals surface area contributed by atoms with Gasteiger partial charge in [-0.25, -0.2) is 9.97 Å². The van der Waals surface area contributed by atoms with Crippen LogP contribution in [0.3, 0.4) is 0 Å². The van der Waals surface area contributed by atoms with Crippen molar-refractivity contribution in [3.63, 3.8) is 0 Å². The summed E-state index contributed by atoms with van der Waals surface area (Å²) in [6.45, 7) is 2.69. The van der Waals surface area contributed by atoms with Gasteiger partial charge in [-0.1, -0.05) is 6.07 Å². The van der Waals surface area contributed by atoms with E-state index < -0.39 is 6.04 Å². The van der Waals surface area contributed by atoms with Gasteiger partial charge in [0.25, 0.3) is 5.91 Å². The fraction of sp³-hybridized carbons (Fsp3) is 0.333. The van der Waals surface area contributed by atoms with Crippen molar-refractivity contribution in [1.29, 1.82) is 0 Å². The van der Waals surface area contributed by atoms with E-state index in [1.54, 1.807) is 42.7 Å². The maximum atomic E-state index is 12.9. The molecule has 1 aromatic carbocycles. The van der Waals surface area contributed by atoms with Gasteiger partial charge in [0.05, 0.1) is 0 Å². The fourth-order valence-electron chi connectivity index (χ4n) is 2.94. The highest BCUT2D eigenvalue weighted by Crippen LogP contribution is 2.23. The lowest BCUT2D eigenvalue weighted by Gasteiger charge is -2.23. The van der Waals surface area contributed by atoms with Crippen molar-refractivity contribution in [2.75, 3.05) is 13.1 Å². The summed E-state index contributed by atoms with van der Waals surface area (Å²) in [5.41, 5.74) is 6.40. The molecule has 1 aliphatic heterocycles. The molecule has 3 rings (SSSR count). The quantitative estimate of drug-likeness (QED) is 0.826. The standard InChI is InChI=1S/C18H21N5O3/c1-2-20-16(24)15-10-13(19)11-23(15)17(25)12-5-3-6-14(9-12)26-18-21-7-4-8-22-18/h3-9,13,15H,2,10-11,19H2,1H3,(H,20,24)/t13-,15+/m1/s1. The number of aromatic nitrogens is 2. The van der Waals surface area contributed by atoms with Crippen LogP contribution in [0.5, 0.6) is 11.8 Å². The number of nitrogens with zero attached hydrogens (tertiary/aromatic N) is 3. The van der Waals surface area contributed by atoms with Gasteiger partial charge < -0.3 is 20.7 Å². The Kier molecular flexibility index (Phi) is 5.43. The van der Waals surface area contributed by atoms with Crippen molar-refractivity contribution in [2.45, 2.75) is 25.4 Å².